The summed E-state index contributed by atoms with van der Waals surface area (Å²) in [6, 6.07) is 11.6. The Morgan fingerprint density at radius 1 is 1.17 bits per heavy atom. The highest BCUT2D eigenvalue weighted by Gasteiger charge is 2.21. The molecule has 1 aliphatic heterocycles. The van der Waals surface area contributed by atoms with Gasteiger partial charge in [-0.05, 0) is 42.3 Å². The maximum atomic E-state index is 13.2. The number of aromatic nitrogens is 2. The molecule has 1 unspecified atom stereocenters. The second-order valence-corrected chi connectivity index (χ2v) is 6.25. The van der Waals surface area contributed by atoms with E-state index in [0.29, 0.717) is 22.4 Å². The van der Waals surface area contributed by atoms with Crippen LogP contribution in [0.4, 0.5) is 4.39 Å². The van der Waals surface area contributed by atoms with Crippen molar-refractivity contribution < 1.29 is 4.39 Å². The molecule has 0 radical (unpaired) electrons. The lowest BCUT2D eigenvalue weighted by Gasteiger charge is -2.05. The first-order chi connectivity index (χ1) is 11.6. The third-order valence-corrected chi connectivity index (χ3v) is 4.24. The van der Waals surface area contributed by atoms with Gasteiger partial charge in [-0.25, -0.2) is 9.37 Å². The standard InChI is InChI=1S/C20H15FN2O/c1-13-9-19-22-18-11-15(6-5-14-3-2-4-16(21)10-14)7-8-17(18)20(24)23(19)12-13/h2-4,7-8,10-11,13H,9,12H2,1H3. The summed E-state index contributed by atoms with van der Waals surface area (Å²) < 4.78 is 15.0. The van der Waals surface area contributed by atoms with Gasteiger partial charge in [-0.1, -0.05) is 24.8 Å². The van der Waals surface area contributed by atoms with Crippen molar-refractivity contribution >= 4 is 10.9 Å². The Labute approximate surface area is 138 Å². The van der Waals surface area contributed by atoms with Gasteiger partial charge in [0.2, 0.25) is 0 Å². The van der Waals surface area contributed by atoms with Crippen LogP contribution in [0.25, 0.3) is 10.9 Å². The second-order valence-electron chi connectivity index (χ2n) is 6.25. The summed E-state index contributed by atoms with van der Waals surface area (Å²) in [7, 11) is 0. The predicted octanol–water partition coefficient (Wildman–Crippen LogP) is 3.13. The fraction of sp³-hybridized carbons (Fsp3) is 0.200. The van der Waals surface area contributed by atoms with Crippen molar-refractivity contribution in [2.75, 3.05) is 0 Å². The molecule has 4 rings (SSSR count). The van der Waals surface area contributed by atoms with Crippen LogP contribution in [0.3, 0.4) is 0 Å². The molecule has 0 N–H and O–H groups in total. The highest BCUT2D eigenvalue weighted by Crippen LogP contribution is 2.19. The lowest BCUT2D eigenvalue weighted by molar-refractivity contribution is 0.558. The molecule has 0 saturated carbocycles. The third-order valence-electron chi connectivity index (χ3n) is 4.24. The zero-order valence-corrected chi connectivity index (χ0v) is 13.2. The van der Waals surface area contributed by atoms with E-state index >= 15 is 0 Å². The van der Waals surface area contributed by atoms with Gasteiger partial charge in [-0.15, -0.1) is 0 Å². The maximum Gasteiger partial charge on any atom is 0.261 e. The predicted molar refractivity (Wildman–Crippen MR) is 91.3 cm³/mol. The number of rotatable bonds is 0. The third kappa shape index (κ3) is 2.59. The zero-order valence-electron chi connectivity index (χ0n) is 13.2. The number of nitrogens with zero attached hydrogens (tertiary/aromatic N) is 2. The van der Waals surface area contributed by atoms with E-state index in [1.54, 1.807) is 22.8 Å². The SMILES string of the molecule is CC1Cc2nc3cc(C#Cc4cccc(F)c4)ccc3c(=O)n2C1. The number of hydrogen-bond donors (Lipinski definition) is 0. The van der Waals surface area contributed by atoms with Crippen LogP contribution in [0.1, 0.15) is 23.9 Å². The van der Waals surface area contributed by atoms with Crippen LogP contribution in [0.2, 0.25) is 0 Å². The van der Waals surface area contributed by atoms with E-state index in [1.165, 1.54) is 12.1 Å². The Bertz CT molecular complexity index is 1070. The minimum absolute atomic E-state index is 0.0176. The summed E-state index contributed by atoms with van der Waals surface area (Å²) in [6.45, 7) is 2.85. The van der Waals surface area contributed by atoms with Gasteiger partial charge in [-0.2, -0.15) is 0 Å². The van der Waals surface area contributed by atoms with Crippen LogP contribution >= 0.6 is 0 Å². The van der Waals surface area contributed by atoms with Crippen LogP contribution in [0.5, 0.6) is 0 Å². The summed E-state index contributed by atoms with van der Waals surface area (Å²) >= 11 is 0. The molecule has 1 atom stereocenters. The first-order valence-corrected chi connectivity index (χ1v) is 7.91. The fourth-order valence-corrected chi connectivity index (χ4v) is 3.09. The smallest absolute Gasteiger partial charge is 0.261 e. The molecule has 0 fully saturated rings. The van der Waals surface area contributed by atoms with Crippen LogP contribution in [-0.4, -0.2) is 9.55 Å². The van der Waals surface area contributed by atoms with Gasteiger partial charge in [0.05, 0.1) is 10.9 Å². The largest absolute Gasteiger partial charge is 0.296 e. The van der Waals surface area contributed by atoms with Crippen molar-refractivity contribution in [2.24, 2.45) is 5.92 Å². The average Bonchev–Trinajstić information content (AvgIpc) is 2.93. The van der Waals surface area contributed by atoms with E-state index in [0.717, 1.165) is 24.4 Å². The van der Waals surface area contributed by atoms with Crippen LogP contribution < -0.4 is 5.56 Å². The molecule has 0 spiro atoms. The molecule has 24 heavy (non-hydrogen) atoms. The average molecular weight is 318 g/mol. The van der Waals surface area contributed by atoms with E-state index in [-0.39, 0.29) is 11.4 Å². The van der Waals surface area contributed by atoms with Gasteiger partial charge in [0.15, 0.2) is 0 Å². The van der Waals surface area contributed by atoms with Crippen LogP contribution in [0, 0.1) is 23.6 Å². The lowest BCUT2D eigenvalue weighted by atomic mass is 10.1. The lowest BCUT2D eigenvalue weighted by Crippen LogP contribution is -2.21. The molecule has 2 aromatic carbocycles. The van der Waals surface area contributed by atoms with E-state index in [1.807, 2.05) is 12.1 Å². The van der Waals surface area contributed by atoms with Gasteiger partial charge in [0.1, 0.15) is 11.6 Å². The highest BCUT2D eigenvalue weighted by atomic mass is 19.1. The Balaban J connectivity index is 1.77. The molecule has 3 aromatic rings. The highest BCUT2D eigenvalue weighted by molar-refractivity contribution is 5.79. The van der Waals surface area contributed by atoms with Gasteiger partial charge < -0.3 is 0 Å². The van der Waals surface area contributed by atoms with Gasteiger partial charge in [0.25, 0.3) is 5.56 Å². The monoisotopic (exact) mass is 318 g/mol. The van der Waals surface area contributed by atoms with E-state index in [4.69, 9.17) is 0 Å². The quantitative estimate of drug-likeness (QED) is 0.597. The zero-order chi connectivity index (χ0) is 16.7. The molecule has 4 heteroatoms. The van der Waals surface area contributed by atoms with Crippen molar-refractivity contribution in [3.63, 3.8) is 0 Å². The fourth-order valence-electron chi connectivity index (χ4n) is 3.09. The first-order valence-electron chi connectivity index (χ1n) is 7.91. The number of halogens is 1. The summed E-state index contributed by atoms with van der Waals surface area (Å²) in [4.78, 5) is 17.2. The Kier molecular flexibility index (Phi) is 3.42. The molecule has 1 aromatic heterocycles. The van der Waals surface area contributed by atoms with Crippen LogP contribution in [0.15, 0.2) is 47.3 Å². The van der Waals surface area contributed by atoms with Gasteiger partial charge >= 0.3 is 0 Å². The second kappa shape index (κ2) is 5.61. The summed E-state index contributed by atoms with van der Waals surface area (Å²) in [5.74, 6) is 6.93. The summed E-state index contributed by atoms with van der Waals surface area (Å²) in [5.41, 5.74) is 2.07. The number of benzene rings is 2. The molecular formula is C20H15FN2O. The Morgan fingerprint density at radius 3 is 2.75 bits per heavy atom. The van der Waals surface area contributed by atoms with Crippen molar-refractivity contribution in [2.45, 2.75) is 19.9 Å². The molecule has 0 amide bonds. The molecule has 0 bridgehead atoms. The van der Waals surface area contributed by atoms with Crippen molar-refractivity contribution in [3.05, 3.63) is 75.6 Å². The van der Waals surface area contributed by atoms with E-state index in [2.05, 4.69) is 23.7 Å². The van der Waals surface area contributed by atoms with Crippen molar-refractivity contribution in [1.29, 1.82) is 0 Å². The van der Waals surface area contributed by atoms with Crippen LogP contribution in [-0.2, 0) is 13.0 Å². The summed E-state index contributed by atoms with van der Waals surface area (Å²) in [6.07, 6.45) is 0.824. The first kappa shape index (κ1) is 14.6. The Hall–Kier alpha value is -2.93. The van der Waals surface area contributed by atoms with E-state index < -0.39 is 0 Å². The molecule has 3 nitrogen and oxygen atoms in total. The normalized spacial score (nSPS) is 15.8. The maximum absolute atomic E-state index is 13.2. The van der Waals surface area contributed by atoms with Crippen molar-refractivity contribution in [1.82, 2.24) is 9.55 Å². The van der Waals surface area contributed by atoms with Gasteiger partial charge in [0, 0.05) is 24.1 Å². The molecule has 2 heterocycles. The van der Waals surface area contributed by atoms with Crippen molar-refractivity contribution in [3.8, 4) is 11.8 Å². The Morgan fingerprint density at radius 2 is 1.96 bits per heavy atom. The minimum Gasteiger partial charge on any atom is -0.296 e. The minimum atomic E-state index is -0.306. The molecule has 0 aliphatic carbocycles. The number of fused-ring (bicyclic) bond motifs is 2. The van der Waals surface area contributed by atoms with E-state index in [9.17, 15) is 9.18 Å². The topological polar surface area (TPSA) is 34.9 Å². The van der Waals surface area contributed by atoms with Gasteiger partial charge in [-0.3, -0.25) is 9.36 Å². The molecule has 1 aliphatic rings. The summed E-state index contributed by atoms with van der Waals surface area (Å²) in [5, 5.41) is 0.615. The molecule has 118 valence electrons. The molecule has 0 saturated heterocycles. The molecular weight excluding hydrogens is 303 g/mol. The number of hydrogen-bond acceptors (Lipinski definition) is 2.